The quantitative estimate of drug-likeness (QED) is 0.522. The number of hydrogen-bond donors (Lipinski definition) is 2. The van der Waals surface area contributed by atoms with Crippen LogP contribution in [0.15, 0.2) is 52.5 Å². The summed E-state index contributed by atoms with van der Waals surface area (Å²) in [5.74, 6) is -1.07. The van der Waals surface area contributed by atoms with Crippen LogP contribution in [0.1, 0.15) is 10.5 Å². The topological polar surface area (TPSA) is 102 Å². The lowest BCUT2D eigenvalue weighted by Gasteiger charge is -1.89. The summed E-state index contributed by atoms with van der Waals surface area (Å²) < 4.78 is 5.97. The van der Waals surface area contributed by atoms with Crippen molar-refractivity contribution in [3.8, 4) is 0 Å². The maximum Gasteiger partial charge on any atom is 0.358 e. The summed E-state index contributed by atoms with van der Waals surface area (Å²) in [7, 11) is 0. The van der Waals surface area contributed by atoms with E-state index in [-0.39, 0.29) is 5.69 Å². The molecule has 0 aliphatic heterocycles. The van der Waals surface area contributed by atoms with Crippen molar-refractivity contribution in [3.63, 3.8) is 0 Å². The van der Waals surface area contributed by atoms with Crippen LogP contribution in [0.25, 0.3) is 21.2 Å². The summed E-state index contributed by atoms with van der Waals surface area (Å²) in [6.07, 6.45) is 0. The summed E-state index contributed by atoms with van der Waals surface area (Å²) in [5, 5.41) is 12.6. The minimum Gasteiger partial charge on any atom is -0.476 e. The van der Waals surface area contributed by atoms with E-state index in [2.05, 4.69) is 10.1 Å². The number of para-hydroxylation sites is 1. The average Bonchev–Trinajstić information content (AvgIpc) is 3.13. The van der Waals surface area contributed by atoms with Crippen LogP contribution in [0.5, 0.6) is 0 Å². The number of benzene rings is 2. The number of carboxylic acids is 1. The van der Waals surface area contributed by atoms with Gasteiger partial charge in [-0.25, -0.2) is 9.78 Å². The molecule has 0 spiro atoms. The number of rotatable bonds is 1. The van der Waals surface area contributed by atoms with Crippen molar-refractivity contribution >= 4 is 44.2 Å². The Kier molecular flexibility index (Phi) is 3.71. The SMILES string of the molecule is Nc1ccc2scnc2c1.O=C(O)c1noc2ccccc12. The maximum absolute atomic E-state index is 10.6. The van der Waals surface area contributed by atoms with Gasteiger partial charge in [-0.2, -0.15) is 0 Å². The van der Waals surface area contributed by atoms with Gasteiger partial charge in [-0.05, 0) is 30.3 Å². The Morgan fingerprint density at radius 3 is 2.86 bits per heavy atom. The van der Waals surface area contributed by atoms with Crippen LogP contribution in [0.3, 0.4) is 0 Å². The number of nitrogens with zero attached hydrogens (tertiary/aromatic N) is 2. The fourth-order valence-electron chi connectivity index (χ4n) is 1.91. The van der Waals surface area contributed by atoms with Gasteiger partial charge in [0.05, 0.1) is 21.1 Å². The molecular formula is C15H11N3O3S. The molecular weight excluding hydrogens is 302 g/mol. The Labute approximate surface area is 128 Å². The van der Waals surface area contributed by atoms with Crippen molar-refractivity contribution < 1.29 is 14.4 Å². The molecule has 0 bridgehead atoms. The van der Waals surface area contributed by atoms with Crippen molar-refractivity contribution in [1.29, 1.82) is 0 Å². The van der Waals surface area contributed by atoms with Crippen molar-refractivity contribution in [3.05, 3.63) is 53.7 Å². The van der Waals surface area contributed by atoms with Crippen LogP contribution >= 0.6 is 11.3 Å². The highest BCUT2D eigenvalue weighted by Gasteiger charge is 2.13. The zero-order chi connectivity index (χ0) is 15.5. The predicted octanol–water partition coefficient (Wildman–Crippen LogP) is 3.40. The van der Waals surface area contributed by atoms with E-state index >= 15 is 0 Å². The lowest BCUT2D eigenvalue weighted by atomic mass is 10.2. The molecule has 0 saturated heterocycles. The molecule has 0 radical (unpaired) electrons. The van der Waals surface area contributed by atoms with Gasteiger partial charge in [0.15, 0.2) is 11.3 Å². The van der Waals surface area contributed by atoms with Gasteiger partial charge < -0.3 is 15.4 Å². The first-order valence-corrected chi connectivity index (χ1v) is 7.19. The minimum absolute atomic E-state index is 0.0365. The molecule has 110 valence electrons. The summed E-state index contributed by atoms with van der Waals surface area (Å²) >= 11 is 1.63. The number of hydrogen-bond acceptors (Lipinski definition) is 6. The fourth-order valence-corrected chi connectivity index (χ4v) is 2.57. The van der Waals surface area contributed by atoms with Crippen LogP contribution in [-0.4, -0.2) is 21.2 Å². The van der Waals surface area contributed by atoms with Crippen molar-refractivity contribution in [2.45, 2.75) is 0 Å². The number of thiazole rings is 1. The Morgan fingerprint density at radius 1 is 1.23 bits per heavy atom. The molecule has 6 nitrogen and oxygen atoms in total. The highest BCUT2D eigenvalue weighted by molar-refractivity contribution is 7.16. The zero-order valence-electron chi connectivity index (χ0n) is 11.3. The fraction of sp³-hybridized carbons (Fsp3) is 0. The van der Waals surface area contributed by atoms with Gasteiger partial charge in [0.2, 0.25) is 0 Å². The summed E-state index contributed by atoms with van der Waals surface area (Å²) in [6, 6.07) is 12.6. The van der Waals surface area contributed by atoms with Gasteiger partial charge in [-0.3, -0.25) is 0 Å². The Balaban J connectivity index is 0.000000133. The molecule has 4 aromatic rings. The second kappa shape index (κ2) is 5.82. The molecule has 2 aromatic heterocycles. The minimum atomic E-state index is -1.07. The van der Waals surface area contributed by atoms with Gasteiger partial charge in [-0.1, -0.05) is 17.3 Å². The molecule has 0 atom stereocenters. The number of nitrogen functional groups attached to an aromatic ring is 1. The normalized spacial score (nSPS) is 10.4. The second-order valence-corrected chi connectivity index (χ2v) is 5.30. The first kappa shape index (κ1) is 14.0. The van der Waals surface area contributed by atoms with Crippen molar-refractivity contribution in [1.82, 2.24) is 10.1 Å². The van der Waals surface area contributed by atoms with Gasteiger partial charge in [0.25, 0.3) is 0 Å². The molecule has 0 unspecified atom stereocenters. The van der Waals surface area contributed by atoms with Crippen LogP contribution in [0.2, 0.25) is 0 Å². The van der Waals surface area contributed by atoms with Gasteiger partial charge in [0, 0.05) is 5.69 Å². The molecule has 3 N–H and O–H groups in total. The third-order valence-electron chi connectivity index (χ3n) is 2.93. The Morgan fingerprint density at radius 2 is 2.05 bits per heavy atom. The van der Waals surface area contributed by atoms with E-state index in [9.17, 15) is 4.79 Å². The van der Waals surface area contributed by atoms with Crippen molar-refractivity contribution in [2.75, 3.05) is 5.73 Å². The molecule has 22 heavy (non-hydrogen) atoms. The van der Waals surface area contributed by atoms with E-state index in [4.69, 9.17) is 15.4 Å². The van der Waals surface area contributed by atoms with Crippen LogP contribution in [0, 0.1) is 0 Å². The van der Waals surface area contributed by atoms with E-state index in [1.807, 2.05) is 23.7 Å². The number of nitrogens with two attached hydrogens (primary N) is 1. The van der Waals surface area contributed by atoms with E-state index in [0.29, 0.717) is 11.0 Å². The summed E-state index contributed by atoms with van der Waals surface area (Å²) in [4.78, 5) is 14.7. The van der Waals surface area contributed by atoms with Crippen LogP contribution in [0.4, 0.5) is 5.69 Å². The number of carboxylic acid groups (broad SMARTS) is 1. The lowest BCUT2D eigenvalue weighted by Crippen LogP contribution is -1.95. The molecule has 2 heterocycles. The van der Waals surface area contributed by atoms with Gasteiger partial charge >= 0.3 is 5.97 Å². The zero-order valence-corrected chi connectivity index (χ0v) is 12.1. The number of aromatic carboxylic acids is 1. The third kappa shape index (κ3) is 2.75. The van der Waals surface area contributed by atoms with E-state index in [0.717, 1.165) is 11.2 Å². The molecule has 0 aliphatic carbocycles. The number of carbonyl (C=O) groups is 1. The molecule has 7 heteroatoms. The molecule has 0 saturated carbocycles. The maximum atomic E-state index is 10.6. The van der Waals surface area contributed by atoms with Crippen LogP contribution in [-0.2, 0) is 0 Å². The largest absolute Gasteiger partial charge is 0.476 e. The number of anilines is 1. The Bertz CT molecular complexity index is 945. The lowest BCUT2D eigenvalue weighted by molar-refractivity contribution is 0.0688. The molecule has 0 amide bonds. The monoisotopic (exact) mass is 313 g/mol. The standard InChI is InChI=1S/C8H5NO3.C7H6N2S/c10-8(11)7-5-3-1-2-4-6(5)12-9-7;8-5-1-2-7-6(3-5)9-4-10-7/h1-4H,(H,10,11);1-4H,8H2. The van der Waals surface area contributed by atoms with Crippen molar-refractivity contribution in [2.24, 2.45) is 0 Å². The molecule has 2 aromatic carbocycles. The van der Waals surface area contributed by atoms with E-state index < -0.39 is 5.97 Å². The second-order valence-electron chi connectivity index (χ2n) is 4.41. The molecule has 0 aliphatic rings. The van der Waals surface area contributed by atoms with Crippen LogP contribution < -0.4 is 5.73 Å². The van der Waals surface area contributed by atoms with Gasteiger partial charge in [-0.15, -0.1) is 11.3 Å². The molecule has 4 rings (SSSR count). The first-order chi connectivity index (χ1) is 10.6. The summed E-state index contributed by atoms with van der Waals surface area (Å²) in [6.45, 7) is 0. The highest BCUT2D eigenvalue weighted by atomic mass is 32.1. The third-order valence-corrected chi connectivity index (χ3v) is 3.74. The number of aromatic nitrogens is 2. The number of fused-ring (bicyclic) bond motifs is 2. The van der Waals surface area contributed by atoms with E-state index in [1.54, 1.807) is 35.6 Å². The van der Waals surface area contributed by atoms with E-state index in [1.165, 1.54) is 4.70 Å². The molecule has 0 fully saturated rings. The predicted molar refractivity (Wildman–Crippen MR) is 85.0 cm³/mol. The van der Waals surface area contributed by atoms with Gasteiger partial charge in [0.1, 0.15) is 0 Å². The first-order valence-electron chi connectivity index (χ1n) is 6.31. The Hall–Kier alpha value is -2.93. The summed E-state index contributed by atoms with van der Waals surface area (Å²) in [5.41, 5.74) is 9.60. The smallest absolute Gasteiger partial charge is 0.358 e. The average molecular weight is 313 g/mol. The highest BCUT2D eigenvalue weighted by Crippen LogP contribution is 2.19.